The van der Waals surface area contributed by atoms with Crippen molar-refractivity contribution >= 4 is 23.1 Å². The fraction of sp³-hybridized carbons (Fsp3) is 0.250. The van der Waals surface area contributed by atoms with Crippen molar-refractivity contribution in [3.8, 4) is 6.07 Å². The molecule has 1 aromatic heterocycles. The molecule has 1 amide bonds. The first kappa shape index (κ1) is 15.4. The van der Waals surface area contributed by atoms with E-state index in [1.165, 1.54) is 12.4 Å². The molecule has 2 N–H and O–H groups in total. The van der Waals surface area contributed by atoms with Crippen LogP contribution in [0.3, 0.4) is 0 Å². The molecule has 0 aliphatic rings. The molecule has 0 aliphatic heterocycles. The van der Waals surface area contributed by atoms with Gasteiger partial charge in [0.1, 0.15) is 11.9 Å². The van der Waals surface area contributed by atoms with Crippen LogP contribution in [0, 0.1) is 17.2 Å². The van der Waals surface area contributed by atoms with Crippen LogP contribution in [0.5, 0.6) is 0 Å². The lowest BCUT2D eigenvalue weighted by Crippen LogP contribution is -2.13. The molecule has 1 heterocycles. The molecule has 112 valence electrons. The Bertz CT molecular complexity index is 671. The molecular weight excluding hydrogens is 278 g/mol. The van der Waals surface area contributed by atoms with Gasteiger partial charge in [-0.3, -0.25) is 4.79 Å². The molecule has 2 rings (SSSR count). The Hall–Kier alpha value is -2.94. The average molecular weight is 295 g/mol. The maximum Gasteiger partial charge on any atom is 0.224 e. The predicted octanol–water partition coefficient (Wildman–Crippen LogP) is 3.08. The van der Waals surface area contributed by atoms with Crippen molar-refractivity contribution in [1.29, 1.82) is 5.26 Å². The number of hydrogen-bond donors (Lipinski definition) is 2. The fourth-order valence-electron chi connectivity index (χ4n) is 1.82. The molecule has 0 unspecified atom stereocenters. The minimum absolute atomic E-state index is 0.00803. The van der Waals surface area contributed by atoms with E-state index in [1.807, 2.05) is 44.2 Å². The Kier molecular flexibility index (Phi) is 5.04. The molecule has 22 heavy (non-hydrogen) atoms. The van der Waals surface area contributed by atoms with Gasteiger partial charge in [-0.1, -0.05) is 13.8 Å². The molecule has 0 aliphatic carbocycles. The summed E-state index contributed by atoms with van der Waals surface area (Å²) in [5.74, 6) is 0.889. The van der Waals surface area contributed by atoms with Crippen LogP contribution in [0.4, 0.5) is 17.2 Å². The molecule has 0 saturated carbocycles. The van der Waals surface area contributed by atoms with E-state index >= 15 is 0 Å². The predicted molar refractivity (Wildman–Crippen MR) is 84.6 cm³/mol. The van der Waals surface area contributed by atoms with E-state index in [0.29, 0.717) is 18.2 Å². The van der Waals surface area contributed by atoms with Gasteiger partial charge in [0.05, 0.1) is 12.4 Å². The number of carbonyl (C=O) groups is 1. The third-order valence-electron chi connectivity index (χ3n) is 2.80. The Morgan fingerprint density at radius 2 is 1.86 bits per heavy atom. The van der Waals surface area contributed by atoms with Crippen LogP contribution in [0.15, 0.2) is 36.7 Å². The van der Waals surface area contributed by atoms with Crippen molar-refractivity contribution in [3.63, 3.8) is 0 Å². The first-order chi connectivity index (χ1) is 10.6. The van der Waals surface area contributed by atoms with Crippen LogP contribution >= 0.6 is 0 Å². The summed E-state index contributed by atoms with van der Waals surface area (Å²) in [4.78, 5) is 19.7. The fourth-order valence-corrected chi connectivity index (χ4v) is 1.82. The van der Waals surface area contributed by atoms with E-state index in [-0.39, 0.29) is 11.6 Å². The molecule has 0 spiro atoms. The maximum absolute atomic E-state index is 11.7. The van der Waals surface area contributed by atoms with Crippen molar-refractivity contribution in [2.24, 2.45) is 5.92 Å². The number of nitrogens with zero attached hydrogens (tertiary/aromatic N) is 3. The lowest BCUT2D eigenvalue weighted by atomic mass is 10.1. The largest absolute Gasteiger partial charge is 0.339 e. The average Bonchev–Trinajstić information content (AvgIpc) is 2.49. The zero-order valence-electron chi connectivity index (χ0n) is 12.5. The summed E-state index contributed by atoms with van der Waals surface area (Å²) in [6.07, 6.45) is 3.40. The van der Waals surface area contributed by atoms with Crippen molar-refractivity contribution in [3.05, 3.63) is 42.4 Å². The van der Waals surface area contributed by atoms with E-state index in [4.69, 9.17) is 5.26 Å². The Morgan fingerprint density at radius 1 is 1.18 bits per heavy atom. The summed E-state index contributed by atoms with van der Waals surface area (Å²) in [5.41, 5.74) is 1.84. The number of carbonyl (C=O) groups excluding carboxylic acids is 1. The highest BCUT2D eigenvalue weighted by atomic mass is 16.1. The molecule has 0 atom stereocenters. The second-order valence-corrected chi connectivity index (χ2v) is 5.25. The Balaban J connectivity index is 1.96. The third-order valence-corrected chi connectivity index (χ3v) is 2.80. The number of anilines is 3. The van der Waals surface area contributed by atoms with Crippen molar-refractivity contribution in [2.45, 2.75) is 20.3 Å². The van der Waals surface area contributed by atoms with Gasteiger partial charge in [-0.2, -0.15) is 5.26 Å². The van der Waals surface area contributed by atoms with Gasteiger partial charge in [0.25, 0.3) is 0 Å². The van der Waals surface area contributed by atoms with Crippen LogP contribution in [-0.4, -0.2) is 15.9 Å². The van der Waals surface area contributed by atoms with E-state index in [2.05, 4.69) is 20.6 Å². The minimum Gasteiger partial charge on any atom is -0.339 e. The maximum atomic E-state index is 11.7. The summed E-state index contributed by atoms with van der Waals surface area (Å²) in [7, 11) is 0. The summed E-state index contributed by atoms with van der Waals surface area (Å²) in [6.45, 7) is 4.01. The lowest BCUT2D eigenvalue weighted by molar-refractivity contribution is -0.116. The molecule has 0 bridgehead atoms. The van der Waals surface area contributed by atoms with Gasteiger partial charge in [0, 0.05) is 17.8 Å². The number of rotatable bonds is 5. The SMILES string of the molecule is CC(C)CC(=O)Nc1ccc(Nc2cnc(C#N)cn2)cc1. The summed E-state index contributed by atoms with van der Waals surface area (Å²) < 4.78 is 0. The van der Waals surface area contributed by atoms with E-state index in [1.54, 1.807) is 0 Å². The zero-order valence-corrected chi connectivity index (χ0v) is 12.5. The standard InChI is InChI=1S/C16H17N5O/c1-11(2)7-16(22)21-13-5-3-12(4-6-13)20-15-10-18-14(8-17)9-19-15/h3-6,9-11H,7H2,1-2H3,(H,19,20)(H,21,22). The van der Waals surface area contributed by atoms with E-state index in [9.17, 15) is 4.79 Å². The van der Waals surface area contributed by atoms with Crippen molar-refractivity contribution < 1.29 is 4.79 Å². The summed E-state index contributed by atoms with van der Waals surface area (Å²) in [5, 5.41) is 14.6. The van der Waals surface area contributed by atoms with Gasteiger partial charge >= 0.3 is 0 Å². The summed E-state index contributed by atoms with van der Waals surface area (Å²) in [6, 6.07) is 9.23. The first-order valence-corrected chi connectivity index (χ1v) is 6.96. The molecule has 6 nitrogen and oxygen atoms in total. The van der Waals surface area contributed by atoms with Crippen LogP contribution in [0.2, 0.25) is 0 Å². The first-order valence-electron chi connectivity index (χ1n) is 6.96. The van der Waals surface area contributed by atoms with Gasteiger partial charge in [-0.25, -0.2) is 9.97 Å². The van der Waals surface area contributed by atoms with Gasteiger partial charge in [0.2, 0.25) is 5.91 Å². The third kappa shape index (κ3) is 4.56. The van der Waals surface area contributed by atoms with Gasteiger partial charge < -0.3 is 10.6 Å². The topological polar surface area (TPSA) is 90.7 Å². The number of nitriles is 1. The van der Waals surface area contributed by atoms with Crippen molar-refractivity contribution in [2.75, 3.05) is 10.6 Å². The van der Waals surface area contributed by atoms with Crippen molar-refractivity contribution in [1.82, 2.24) is 9.97 Å². The Labute approximate surface area is 129 Å². The quantitative estimate of drug-likeness (QED) is 0.884. The van der Waals surface area contributed by atoms with Gasteiger partial charge in [-0.15, -0.1) is 0 Å². The molecule has 1 aromatic carbocycles. The summed E-state index contributed by atoms with van der Waals surface area (Å²) >= 11 is 0. The lowest BCUT2D eigenvalue weighted by Gasteiger charge is -2.09. The number of nitrogens with one attached hydrogen (secondary N) is 2. The monoisotopic (exact) mass is 295 g/mol. The minimum atomic E-state index is 0.00803. The zero-order chi connectivity index (χ0) is 15.9. The van der Waals surface area contributed by atoms with Crippen LogP contribution in [0.1, 0.15) is 26.0 Å². The molecule has 0 fully saturated rings. The van der Waals surface area contributed by atoms with Gasteiger partial charge in [-0.05, 0) is 30.2 Å². The van der Waals surface area contributed by atoms with Gasteiger partial charge in [0.15, 0.2) is 5.69 Å². The second kappa shape index (κ2) is 7.18. The number of amides is 1. The smallest absolute Gasteiger partial charge is 0.224 e. The molecule has 0 saturated heterocycles. The van der Waals surface area contributed by atoms with Crippen LogP contribution in [-0.2, 0) is 4.79 Å². The highest BCUT2D eigenvalue weighted by Crippen LogP contribution is 2.17. The molecular formula is C16H17N5O. The van der Waals surface area contributed by atoms with E-state index < -0.39 is 0 Å². The number of benzene rings is 1. The highest BCUT2D eigenvalue weighted by Gasteiger charge is 2.05. The molecule has 6 heteroatoms. The number of aromatic nitrogens is 2. The normalized spacial score (nSPS) is 10.1. The van der Waals surface area contributed by atoms with Crippen LogP contribution < -0.4 is 10.6 Å². The highest BCUT2D eigenvalue weighted by molar-refractivity contribution is 5.91. The second-order valence-electron chi connectivity index (χ2n) is 5.25. The molecule has 2 aromatic rings. The Morgan fingerprint density at radius 3 is 2.41 bits per heavy atom. The number of hydrogen-bond acceptors (Lipinski definition) is 5. The van der Waals surface area contributed by atoms with E-state index in [0.717, 1.165) is 11.4 Å². The van der Waals surface area contributed by atoms with Crippen LogP contribution in [0.25, 0.3) is 0 Å². The molecule has 0 radical (unpaired) electrons.